The molecule has 2 nitrogen and oxygen atoms in total. The zero-order valence-corrected chi connectivity index (χ0v) is 11.5. The van der Waals surface area contributed by atoms with Crippen molar-refractivity contribution >= 4 is 30.4 Å². The molecule has 1 rings (SSSR count). The molecule has 1 fully saturated rings. The second kappa shape index (κ2) is 12.4. The quantitative estimate of drug-likeness (QED) is 0.338. The van der Waals surface area contributed by atoms with E-state index in [0.29, 0.717) is 4.91 Å². The van der Waals surface area contributed by atoms with E-state index < -0.39 is 5.97 Å². The molecule has 0 aromatic carbocycles. The summed E-state index contributed by atoms with van der Waals surface area (Å²) in [6, 6.07) is 0. The first-order valence-electron chi connectivity index (χ1n) is 4.58. The van der Waals surface area contributed by atoms with Crippen LogP contribution in [0.5, 0.6) is 0 Å². The summed E-state index contributed by atoms with van der Waals surface area (Å²) in [5, 5.41) is 1.25. The zero-order chi connectivity index (χ0) is 10.8. The molecule has 0 bridgehead atoms. The van der Waals surface area contributed by atoms with Gasteiger partial charge < -0.3 is 29.1 Å². The maximum Gasteiger partial charge on any atom is 3.00 e. The molecular weight excluding hydrogens is 275 g/mol. The van der Waals surface area contributed by atoms with E-state index in [0.717, 1.165) is 11.8 Å². The Morgan fingerprint density at radius 3 is 1.87 bits per heavy atom. The summed E-state index contributed by atoms with van der Waals surface area (Å²) >= 11 is 5.53. The number of hydrogen-bond acceptors (Lipinski definition) is 4. The smallest absolute Gasteiger partial charge is 0.786 e. The van der Waals surface area contributed by atoms with Crippen molar-refractivity contribution < 1.29 is 26.3 Å². The first-order chi connectivity index (χ1) is 6.76. The van der Waals surface area contributed by atoms with E-state index in [1.54, 1.807) is 0 Å². The van der Waals surface area contributed by atoms with Gasteiger partial charge in [-0.25, -0.2) is 4.79 Å². The van der Waals surface area contributed by atoms with Crippen LogP contribution in [0.1, 0.15) is 32.1 Å². The van der Waals surface area contributed by atoms with Gasteiger partial charge in [0.1, 0.15) is 0 Å². The molecule has 0 aliphatic heterocycles. The third-order valence-corrected chi connectivity index (χ3v) is 2.88. The van der Waals surface area contributed by atoms with Crippen molar-refractivity contribution in [3.8, 4) is 0 Å². The Labute approximate surface area is 112 Å². The number of thioether (sulfide) groups is 1. The number of ether oxygens (including phenoxy) is 1. The van der Waals surface area contributed by atoms with Crippen molar-refractivity contribution in [1.29, 1.82) is 0 Å². The number of carbonyl (C=O) groups is 1. The Hall–Kier alpha value is 0.286. The van der Waals surface area contributed by atoms with E-state index in [-0.39, 0.29) is 16.8 Å². The number of hydrogen-bond donors (Lipinski definition) is 0. The third-order valence-electron chi connectivity index (χ3n) is 1.90. The van der Waals surface area contributed by atoms with E-state index >= 15 is 0 Å². The average molecular weight is 291 g/mol. The summed E-state index contributed by atoms with van der Waals surface area (Å²) in [4.78, 5) is 10.9. The van der Waals surface area contributed by atoms with Crippen molar-refractivity contribution in [3.05, 3.63) is 16.6 Å². The monoisotopic (exact) mass is 291 g/mol. The molecule has 0 aromatic heterocycles. The fraction of sp³-hybridized carbons (Fsp3) is 0.600. The first-order valence-corrected chi connectivity index (χ1v) is 6.04. The fourth-order valence-electron chi connectivity index (χ4n) is 1.13. The molecule has 1 aliphatic carbocycles. The minimum Gasteiger partial charge on any atom is -0.786 e. The number of rotatable bonds is 2. The molecule has 1 aliphatic rings. The zero-order valence-electron chi connectivity index (χ0n) is 8.79. The van der Waals surface area contributed by atoms with Gasteiger partial charge in [-0.05, 0) is 0 Å². The van der Waals surface area contributed by atoms with Gasteiger partial charge in [0.05, 0.1) is 7.11 Å². The molecule has 15 heavy (non-hydrogen) atoms. The standard InChI is InChI=1S/C5H7O2S2.C5H10.Co/c1-7-5(6)4(3-8)9-2;1-2-4-5-3-1;/h3,8H,2H2,1H3;1-5H2;/q-1;;+3/p-1/b4-3-;;. The molecular formula is C10H16CoO2S2+. The Morgan fingerprint density at radius 1 is 1.33 bits per heavy atom. The van der Waals surface area contributed by atoms with Gasteiger partial charge in [-0.3, -0.25) is 6.26 Å². The van der Waals surface area contributed by atoms with Crippen molar-refractivity contribution in [2.45, 2.75) is 32.1 Å². The maximum atomic E-state index is 10.6. The summed E-state index contributed by atoms with van der Waals surface area (Å²) in [6.07, 6.45) is 10.9. The van der Waals surface area contributed by atoms with Crippen LogP contribution >= 0.6 is 11.8 Å². The van der Waals surface area contributed by atoms with E-state index in [2.05, 4.69) is 23.6 Å². The average Bonchev–Trinajstić information content (AvgIpc) is 2.77. The van der Waals surface area contributed by atoms with Crippen molar-refractivity contribution in [1.82, 2.24) is 0 Å². The van der Waals surface area contributed by atoms with Gasteiger partial charge in [-0.2, -0.15) is 5.41 Å². The number of methoxy groups -OCH3 is 1. The predicted octanol–water partition coefficient (Wildman–Crippen LogP) is 3.02. The molecule has 0 heterocycles. The van der Waals surface area contributed by atoms with Crippen LogP contribution < -0.4 is 0 Å². The van der Waals surface area contributed by atoms with Crippen LogP contribution in [-0.2, 0) is 38.9 Å². The molecule has 0 saturated heterocycles. The van der Waals surface area contributed by atoms with Crippen LogP contribution in [0.2, 0.25) is 0 Å². The summed E-state index contributed by atoms with van der Waals surface area (Å²) in [5.41, 5.74) is 0. The Bertz CT molecular complexity index is 184. The Kier molecular flexibility index (Phi) is 14.6. The molecule has 0 atom stereocenters. The number of carbonyl (C=O) groups excluding carboxylic acids is 1. The van der Waals surface area contributed by atoms with Crippen LogP contribution in [0.25, 0.3) is 0 Å². The SMILES string of the molecule is C1CCCC1.[CH2-]S/C(=C\[S-])C(=O)OC.[Co+3]. The number of esters is 1. The molecule has 0 amide bonds. The van der Waals surface area contributed by atoms with Crippen LogP contribution in [0.4, 0.5) is 0 Å². The van der Waals surface area contributed by atoms with Crippen LogP contribution in [-0.4, -0.2) is 13.1 Å². The normalized spacial score (nSPS) is 14.7. The summed E-state index contributed by atoms with van der Waals surface area (Å²) in [7, 11) is 1.30. The molecule has 0 N–H and O–H groups in total. The van der Waals surface area contributed by atoms with Crippen LogP contribution in [0.15, 0.2) is 10.3 Å². The minimum absolute atomic E-state index is 0. The van der Waals surface area contributed by atoms with E-state index in [4.69, 9.17) is 0 Å². The Balaban J connectivity index is 0. The topological polar surface area (TPSA) is 26.3 Å². The third kappa shape index (κ3) is 9.23. The maximum absolute atomic E-state index is 10.6. The minimum atomic E-state index is -0.426. The molecule has 0 unspecified atom stereocenters. The van der Waals surface area contributed by atoms with Gasteiger partial charge in [0, 0.05) is 4.91 Å². The van der Waals surface area contributed by atoms with Gasteiger partial charge in [0.25, 0.3) is 0 Å². The van der Waals surface area contributed by atoms with E-state index in [1.807, 2.05) is 0 Å². The molecule has 5 heteroatoms. The van der Waals surface area contributed by atoms with Gasteiger partial charge in [0.15, 0.2) is 0 Å². The van der Waals surface area contributed by atoms with Crippen molar-refractivity contribution in [2.75, 3.05) is 7.11 Å². The molecule has 0 aromatic rings. The second-order valence-electron chi connectivity index (χ2n) is 2.89. The summed E-state index contributed by atoms with van der Waals surface area (Å²) in [5.74, 6) is -0.426. The molecule has 1 saturated carbocycles. The predicted molar refractivity (Wildman–Crippen MR) is 63.5 cm³/mol. The van der Waals surface area contributed by atoms with Gasteiger partial charge in [-0.1, -0.05) is 32.1 Å². The van der Waals surface area contributed by atoms with Crippen LogP contribution in [0, 0.1) is 6.26 Å². The van der Waals surface area contributed by atoms with E-state index in [9.17, 15) is 4.79 Å². The summed E-state index contributed by atoms with van der Waals surface area (Å²) in [6.45, 7) is 0. The molecule has 0 spiro atoms. The van der Waals surface area contributed by atoms with Gasteiger partial charge in [-0.15, -0.1) is 0 Å². The van der Waals surface area contributed by atoms with Crippen LogP contribution in [0.3, 0.4) is 0 Å². The Morgan fingerprint density at radius 2 is 1.73 bits per heavy atom. The molecule has 0 radical (unpaired) electrons. The summed E-state index contributed by atoms with van der Waals surface area (Å²) < 4.78 is 4.36. The largest absolute Gasteiger partial charge is 3.00 e. The van der Waals surface area contributed by atoms with Crippen molar-refractivity contribution in [2.24, 2.45) is 0 Å². The van der Waals surface area contributed by atoms with Gasteiger partial charge >= 0.3 is 22.7 Å². The van der Waals surface area contributed by atoms with Gasteiger partial charge in [0.2, 0.25) is 0 Å². The van der Waals surface area contributed by atoms with Crippen molar-refractivity contribution in [3.63, 3.8) is 0 Å². The van der Waals surface area contributed by atoms with E-state index in [1.165, 1.54) is 44.6 Å². The molecule has 88 valence electrons. The first kappa shape index (κ1) is 17.7. The fourth-order valence-corrected chi connectivity index (χ4v) is 1.70. The second-order valence-corrected chi connectivity index (χ2v) is 3.85.